The van der Waals surface area contributed by atoms with E-state index >= 15 is 0 Å². The van der Waals surface area contributed by atoms with Crippen LogP contribution in [0.3, 0.4) is 0 Å². The van der Waals surface area contributed by atoms with Gasteiger partial charge in [0.05, 0.1) is 5.69 Å². The fraction of sp³-hybridized carbons (Fsp3) is 0.231. The average Bonchev–Trinajstić information content (AvgIpc) is 2.32. The zero-order chi connectivity index (χ0) is 13.0. The molecule has 94 valence electrons. The summed E-state index contributed by atoms with van der Waals surface area (Å²) >= 11 is 3.50. The second kappa shape index (κ2) is 5.82. The maximum Gasteiger partial charge on any atom is 0.224 e. The highest BCUT2D eigenvalue weighted by Crippen LogP contribution is 2.24. The van der Waals surface area contributed by atoms with Crippen LogP contribution in [-0.2, 0) is 0 Å². The normalized spacial score (nSPS) is 10.2. The number of aromatic nitrogens is 2. The number of halogens is 1. The second-order valence-electron chi connectivity index (χ2n) is 3.85. The van der Waals surface area contributed by atoms with Crippen LogP contribution in [-0.4, -0.2) is 16.5 Å². The largest absolute Gasteiger partial charge is 0.354 e. The topological polar surface area (TPSA) is 49.8 Å². The summed E-state index contributed by atoms with van der Waals surface area (Å²) in [5, 5.41) is 6.39. The summed E-state index contributed by atoms with van der Waals surface area (Å²) in [6, 6.07) is 9.85. The van der Waals surface area contributed by atoms with Crippen LogP contribution in [0.4, 0.5) is 17.5 Å². The molecular formula is C13H15BrN4. The third-order valence-corrected chi connectivity index (χ3v) is 3.02. The lowest BCUT2D eigenvalue weighted by Crippen LogP contribution is -2.05. The number of hydrogen-bond donors (Lipinski definition) is 2. The van der Waals surface area contributed by atoms with Crippen LogP contribution >= 0.6 is 15.9 Å². The summed E-state index contributed by atoms with van der Waals surface area (Å²) < 4.78 is 1.01. The highest BCUT2D eigenvalue weighted by molar-refractivity contribution is 9.10. The molecule has 0 amide bonds. The van der Waals surface area contributed by atoms with Crippen LogP contribution in [0.25, 0.3) is 0 Å². The molecule has 0 bridgehead atoms. The van der Waals surface area contributed by atoms with E-state index in [0.29, 0.717) is 5.95 Å². The molecule has 1 heterocycles. The number of nitrogens with zero attached hydrogens (tertiary/aromatic N) is 2. The van der Waals surface area contributed by atoms with Crippen LogP contribution in [0.15, 0.2) is 34.8 Å². The van der Waals surface area contributed by atoms with Gasteiger partial charge < -0.3 is 10.6 Å². The van der Waals surface area contributed by atoms with Gasteiger partial charge in [0.25, 0.3) is 0 Å². The van der Waals surface area contributed by atoms with Crippen molar-refractivity contribution < 1.29 is 0 Å². The monoisotopic (exact) mass is 306 g/mol. The van der Waals surface area contributed by atoms with E-state index in [1.807, 2.05) is 44.2 Å². The zero-order valence-corrected chi connectivity index (χ0v) is 12.0. The molecule has 2 aromatic rings. The minimum Gasteiger partial charge on any atom is -0.354 e. The first-order chi connectivity index (χ1) is 8.69. The smallest absolute Gasteiger partial charge is 0.224 e. The summed E-state index contributed by atoms with van der Waals surface area (Å²) in [5.74, 6) is 1.43. The Morgan fingerprint density at radius 1 is 1.22 bits per heavy atom. The fourth-order valence-electron chi connectivity index (χ4n) is 1.57. The van der Waals surface area contributed by atoms with Crippen molar-refractivity contribution in [1.82, 2.24) is 9.97 Å². The van der Waals surface area contributed by atoms with Gasteiger partial charge in [-0.3, -0.25) is 0 Å². The molecule has 18 heavy (non-hydrogen) atoms. The molecule has 0 radical (unpaired) electrons. The number of para-hydroxylation sites is 1. The van der Waals surface area contributed by atoms with Gasteiger partial charge in [0, 0.05) is 22.8 Å². The van der Waals surface area contributed by atoms with E-state index in [2.05, 4.69) is 36.5 Å². The first kappa shape index (κ1) is 12.8. The number of benzene rings is 1. The third kappa shape index (κ3) is 3.20. The number of anilines is 3. The van der Waals surface area contributed by atoms with Gasteiger partial charge in [0.15, 0.2) is 0 Å². The lowest BCUT2D eigenvalue weighted by Gasteiger charge is -2.10. The minimum atomic E-state index is 0.645. The summed E-state index contributed by atoms with van der Waals surface area (Å²) in [4.78, 5) is 8.72. The average molecular weight is 307 g/mol. The minimum absolute atomic E-state index is 0.645. The first-order valence-electron chi connectivity index (χ1n) is 5.80. The van der Waals surface area contributed by atoms with Crippen LogP contribution in [0.5, 0.6) is 0 Å². The standard InChI is InChI=1S/C13H15BrN4/c1-3-15-13-16-9(2)8-12(18-13)17-11-7-5-4-6-10(11)14/h4-8H,3H2,1-2H3,(H2,15,16,17,18). The van der Waals surface area contributed by atoms with Crippen molar-refractivity contribution in [2.75, 3.05) is 17.2 Å². The molecule has 0 aliphatic rings. The van der Waals surface area contributed by atoms with Gasteiger partial charge in [-0.25, -0.2) is 4.98 Å². The summed E-state index contributed by atoms with van der Waals surface area (Å²) in [6.07, 6.45) is 0. The number of hydrogen-bond acceptors (Lipinski definition) is 4. The Hall–Kier alpha value is -1.62. The fourth-order valence-corrected chi connectivity index (χ4v) is 1.95. The van der Waals surface area contributed by atoms with Crippen molar-refractivity contribution in [3.63, 3.8) is 0 Å². The van der Waals surface area contributed by atoms with Crippen LogP contribution in [0, 0.1) is 6.92 Å². The van der Waals surface area contributed by atoms with Gasteiger partial charge >= 0.3 is 0 Å². The lowest BCUT2D eigenvalue weighted by atomic mass is 10.3. The third-order valence-electron chi connectivity index (χ3n) is 2.33. The predicted molar refractivity (Wildman–Crippen MR) is 78.4 cm³/mol. The molecule has 1 aromatic heterocycles. The Balaban J connectivity index is 2.26. The Labute approximate surface area is 115 Å². The van der Waals surface area contributed by atoms with E-state index in [0.717, 1.165) is 28.2 Å². The SMILES string of the molecule is CCNc1nc(C)cc(Nc2ccccc2Br)n1. The van der Waals surface area contributed by atoms with Crippen molar-refractivity contribution >= 4 is 33.4 Å². The summed E-state index contributed by atoms with van der Waals surface area (Å²) in [5.41, 5.74) is 1.91. The lowest BCUT2D eigenvalue weighted by molar-refractivity contribution is 1.05. The molecule has 5 heteroatoms. The van der Waals surface area contributed by atoms with Gasteiger partial charge in [-0.2, -0.15) is 4.98 Å². The maximum absolute atomic E-state index is 4.41. The van der Waals surface area contributed by atoms with Crippen LogP contribution in [0.1, 0.15) is 12.6 Å². The molecular weight excluding hydrogens is 292 g/mol. The molecule has 0 aliphatic carbocycles. The maximum atomic E-state index is 4.41. The number of nitrogens with one attached hydrogen (secondary N) is 2. The highest BCUT2D eigenvalue weighted by Gasteiger charge is 2.03. The van der Waals surface area contributed by atoms with Crippen molar-refractivity contribution in [1.29, 1.82) is 0 Å². The molecule has 0 saturated heterocycles. The predicted octanol–water partition coefficient (Wildman–Crippen LogP) is 3.72. The van der Waals surface area contributed by atoms with E-state index in [-0.39, 0.29) is 0 Å². The van der Waals surface area contributed by atoms with Gasteiger partial charge in [0.2, 0.25) is 5.95 Å². The molecule has 0 saturated carbocycles. The summed E-state index contributed by atoms with van der Waals surface area (Å²) in [6.45, 7) is 4.78. The van der Waals surface area contributed by atoms with Gasteiger partial charge in [0.1, 0.15) is 5.82 Å². The molecule has 2 N–H and O–H groups in total. The molecule has 0 unspecified atom stereocenters. The van der Waals surface area contributed by atoms with E-state index in [4.69, 9.17) is 0 Å². The molecule has 1 aromatic carbocycles. The van der Waals surface area contributed by atoms with E-state index in [1.165, 1.54) is 0 Å². The molecule has 2 rings (SSSR count). The number of aryl methyl sites for hydroxylation is 1. The van der Waals surface area contributed by atoms with Crippen molar-refractivity contribution in [2.45, 2.75) is 13.8 Å². The first-order valence-corrected chi connectivity index (χ1v) is 6.59. The van der Waals surface area contributed by atoms with Gasteiger partial charge in [-0.15, -0.1) is 0 Å². The molecule has 0 aliphatic heterocycles. The molecule has 0 atom stereocenters. The van der Waals surface area contributed by atoms with Crippen LogP contribution < -0.4 is 10.6 Å². The Bertz CT molecular complexity index is 542. The Morgan fingerprint density at radius 2 is 2.00 bits per heavy atom. The van der Waals surface area contributed by atoms with Crippen LogP contribution in [0.2, 0.25) is 0 Å². The number of rotatable bonds is 4. The molecule has 4 nitrogen and oxygen atoms in total. The quantitative estimate of drug-likeness (QED) is 0.904. The Kier molecular flexibility index (Phi) is 4.15. The van der Waals surface area contributed by atoms with E-state index in [1.54, 1.807) is 0 Å². The van der Waals surface area contributed by atoms with Crippen molar-refractivity contribution in [3.05, 3.63) is 40.5 Å². The van der Waals surface area contributed by atoms with E-state index < -0.39 is 0 Å². The van der Waals surface area contributed by atoms with Gasteiger partial charge in [-0.1, -0.05) is 12.1 Å². The zero-order valence-electron chi connectivity index (χ0n) is 10.4. The molecule has 0 spiro atoms. The second-order valence-corrected chi connectivity index (χ2v) is 4.71. The van der Waals surface area contributed by atoms with Gasteiger partial charge in [-0.05, 0) is 41.9 Å². The van der Waals surface area contributed by atoms with Crippen molar-refractivity contribution in [3.8, 4) is 0 Å². The van der Waals surface area contributed by atoms with E-state index in [9.17, 15) is 0 Å². The Morgan fingerprint density at radius 3 is 2.72 bits per heavy atom. The molecule has 0 fully saturated rings. The highest BCUT2D eigenvalue weighted by atomic mass is 79.9. The summed E-state index contributed by atoms with van der Waals surface area (Å²) in [7, 11) is 0. The van der Waals surface area contributed by atoms with Crippen molar-refractivity contribution in [2.24, 2.45) is 0 Å².